The number of carbonyl (C=O) groups is 2. The number of rotatable bonds is 5. The second-order valence-corrected chi connectivity index (χ2v) is 5.66. The maximum Gasteiger partial charge on any atom is 0.334 e. The van der Waals surface area contributed by atoms with E-state index in [1.807, 2.05) is 6.92 Å². The Hall–Kier alpha value is -1.32. The third-order valence-corrected chi connectivity index (χ3v) is 4.20. The van der Waals surface area contributed by atoms with Crippen molar-refractivity contribution in [1.82, 2.24) is 0 Å². The fraction of sp³-hybridized carbons (Fsp3) is 0.750. The Kier molecular flexibility index (Phi) is 5.21. The molecular formula is C16H24O4. The summed E-state index contributed by atoms with van der Waals surface area (Å²) in [6.07, 6.45) is 6.07. The zero-order chi connectivity index (χ0) is 14.5. The summed E-state index contributed by atoms with van der Waals surface area (Å²) >= 11 is 0. The van der Waals surface area contributed by atoms with Gasteiger partial charge in [0.15, 0.2) is 0 Å². The summed E-state index contributed by atoms with van der Waals surface area (Å²) in [5, 5.41) is 0. The van der Waals surface area contributed by atoms with E-state index >= 15 is 0 Å². The van der Waals surface area contributed by atoms with E-state index in [-0.39, 0.29) is 18.0 Å². The Morgan fingerprint density at radius 3 is 2.85 bits per heavy atom. The molecule has 0 N–H and O–H groups in total. The van der Waals surface area contributed by atoms with Crippen molar-refractivity contribution in [2.75, 3.05) is 6.61 Å². The maximum atomic E-state index is 11.8. The number of hydrogen-bond donors (Lipinski definition) is 0. The van der Waals surface area contributed by atoms with E-state index < -0.39 is 0 Å². The van der Waals surface area contributed by atoms with Gasteiger partial charge < -0.3 is 9.47 Å². The lowest BCUT2D eigenvalue weighted by atomic mass is 9.80. The second-order valence-electron chi connectivity index (χ2n) is 5.66. The van der Waals surface area contributed by atoms with Gasteiger partial charge >= 0.3 is 11.9 Å². The van der Waals surface area contributed by atoms with Crippen molar-refractivity contribution < 1.29 is 19.1 Å². The van der Waals surface area contributed by atoms with Gasteiger partial charge in [0.05, 0.1) is 0 Å². The molecule has 2 rings (SSSR count). The zero-order valence-corrected chi connectivity index (χ0v) is 12.4. The van der Waals surface area contributed by atoms with Crippen LogP contribution in [0.2, 0.25) is 0 Å². The predicted molar refractivity (Wildman–Crippen MR) is 75.0 cm³/mol. The van der Waals surface area contributed by atoms with E-state index in [0.29, 0.717) is 18.9 Å². The quantitative estimate of drug-likeness (QED) is 0.726. The van der Waals surface area contributed by atoms with Gasteiger partial charge in [0, 0.05) is 12.0 Å². The van der Waals surface area contributed by atoms with Gasteiger partial charge in [-0.05, 0) is 43.6 Å². The molecule has 2 aliphatic rings. The van der Waals surface area contributed by atoms with E-state index in [2.05, 4.69) is 6.92 Å². The molecule has 4 nitrogen and oxygen atoms in total. The molecule has 1 fully saturated rings. The molecule has 0 bridgehead atoms. The minimum atomic E-state index is -0.144. The summed E-state index contributed by atoms with van der Waals surface area (Å²) in [4.78, 5) is 23.2. The highest BCUT2D eigenvalue weighted by atomic mass is 16.5. The normalized spacial score (nSPS) is 26.6. The first-order chi connectivity index (χ1) is 9.65. The van der Waals surface area contributed by atoms with Crippen LogP contribution in [0.1, 0.15) is 58.8 Å². The van der Waals surface area contributed by atoms with Gasteiger partial charge in [0.25, 0.3) is 0 Å². The van der Waals surface area contributed by atoms with Crippen LogP contribution < -0.4 is 0 Å². The number of cyclic esters (lactones) is 1. The highest BCUT2D eigenvalue weighted by Gasteiger charge is 2.33. The summed E-state index contributed by atoms with van der Waals surface area (Å²) in [6, 6.07) is 0. The van der Waals surface area contributed by atoms with Crippen molar-refractivity contribution in [3.05, 3.63) is 11.1 Å². The molecule has 0 aromatic carbocycles. The van der Waals surface area contributed by atoms with Gasteiger partial charge in [-0.3, -0.25) is 4.79 Å². The molecule has 112 valence electrons. The summed E-state index contributed by atoms with van der Waals surface area (Å²) < 4.78 is 10.7. The van der Waals surface area contributed by atoms with Crippen LogP contribution in [0.3, 0.4) is 0 Å². The summed E-state index contributed by atoms with van der Waals surface area (Å²) in [7, 11) is 0. The fourth-order valence-corrected chi connectivity index (χ4v) is 3.16. The first-order valence-electron chi connectivity index (χ1n) is 7.74. The van der Waals surface area contributed by atoms with Gasteiger partial charge in [-0.25, -0.2) is 4.79 Å². The van der Waals surface area contributed by atoms with Crippen LogP contribution in [-0.4, -0.2) is 24.6 Å². The Balaban J connectivity index is 2.04. The third kappa shape index (κ3) is 3.41. The Morgan fingerprint density at radius 1 is 1.35 bits per heavy atom. The minimum absolute atomic E-state index is 0.00674. The molecule has 20 heavy (non-hydrogen) atoms. The largest absolute Gasteiger partial charge is 0.462 e. The van der Waals surface area contributed by atoms with Crippen molar-refractivity contribution in [1.29, 1.82) is 0 Å². The molecular weight excluding hydrogens is 256 g/mol. The van der Waals surface area contributed by atoms with E-state index in [4.69, 9.17) is 9.47 Å². The van der Waals surface area contributed by atoms with Crippen LogP contribution in [0.25, 0.3) is 0 Å². The first kappa shape index (κ1) is 15.1. The highest BCUT2D eigenvalue weighted by Crippen LogP contribution is 2.36. The molecule has 0 aromatic heterocycles. The van der Waals surface area contributed by atoms with Gasteiger partial charge in [0.2, 0.25) is 0 Å². The van der Waals surface area contributed by atoms with E-state index in [1.54, 1.807) is 0 Å². The number of ether oxygens (including phenoxy) is 2. The SMILES string of the molecule is CCCC1=C(C2CCCC(OC(=O)CC)C2)COC1=O. The third-order valence-electron chi connectivity index (χ3n) is 4.20. The fourth-order valence-electron chi connectivity index (χ4n) is 3.16. The minimum Gasteiger partial charge on any atom is -0.462 e. The van der Waals surface area contributed by atoms with Crippen molar-refractivity contribution >= 4 is 11.9 Å². The van der Waals surface area contributed by atoms with Crippen LogP contribution in [0.5, 0.6) is 0 Å². The van der Waals surface area contributed by atoms with Gasteiger partial charge in [-0.2, -0.15) is 0 Å². The van der Waals surface area contributed by atoms with Crippen molar-refractivity contribution in [2.45, 2.75) is 64.9 Å². The number of esters is 2. The maximum absolute atomic E-state index is 11.8. The first-order valence-corrected chi connectivity index (χ1v) is 7.74. The molecule has 4 heteroatoms. The lowest BCUT2D eigenvalue weighted by Gasteiger charge is -2.29. The van der Waals surface area contributed by atoms with E-state index in [0.717, 1.165) is 49.7 Å². The van der Waals surface area contributed by atoms with Gasteiger partial charge in [0.1, 0.15) is 12.7 Å². The van der Waals surface area contributed by atoms with Crippen molar-refractivity contribution in [2.24, 2.45) is 5.92 Å². The molecule has 1 aliphatic carbocycles. The molecule has 1 heterocycles. The average molecular weight is 280 g/mol. The molecule has 1 aliphatic heterocycles. The van der Waals surface area contributed by atoms with Crippen LogP contribution in [-0.2, 0) is 19.1 Å². The molecule has 0 aromatic rings. The van der Waals surface area contributed by atoms with Crippen LogP contribution in [0, 0.1) is 5.92 Å². The number of hydrogen-bond acceptors (Lipinski definition) is 4. The summed E-state index contributed by atoms with van der Waals surface area (Å²) in [5.41, 5.74) is 2.04. The smallest absolute Gasteiger partial charge is 0.334 e. The van der Waals surface area contributed by atoms with Gasteiger partial charge in [-0.1, -0.05) is 20.3 Å². The molecule has 0 spiro atoms. The summed E-state index contributed by atoms with van der Waals surface area (Å²) in [5.74, 6) is 0.0677. The Morgan fingerprint density at radius 2 is 2.15 bits per heavy atom. The zero-order valence-electron chi connectivity index (χ0n) is 12.4. The Labute approximate surface area is 120 Å². The van der Waals surface area contributed by atoms with E-state index in [1.165, 1.54) is 0 Å². The molecule has 2 unspecified atom stereocenters. The average Bonchev–Trinajstić information content (AvgIpc) is 2.81. The molecule has 1 saturated carbocycles. The topological polar surface area (TPSA) is 52.6 Å². The van der Waals surface area contributed by atoms with Crippen molar-refractivity contribution in [3.63, 3.8) is 0 Å². The van der Waals surface area contributed by atoms with Crippen LogP contribution in [0.15, 0.2) is 11.1 Å². The second kappa shape index (κ2) is 6.91. The van der Waals surface area contributed by atoms with Crippen LogP contribution >= 0.6 is 0 Å². The van der Waals surface area contributed by atoms with Crippen molar-refractivity contribution in [3.8, 4) is 0 Å². The standard InChI is InChI=1S/C16H24O4/c1-3-6-13-14(10-19-16(13)18)11-7-5-8-12(9-11)20-15(17)4-2/h11-12H,3-10H2,1-2H3. The molecule has 0 amide bonds. The Bertz CT molecular complexity index is 411. The monoisotopic (exact) mass is 280 g/mol. The van der Waals surface area contributed by atoms with Gasteiger partial charge in [-0.15, -0.1) is 0 Å². The van der Waals surface area contributed by atoms with E-state index in [9.17, 15) is 9.59 Å². The van der Waals surface area contributed by atoms with Crippen LogP contribution in [0.4, 0.5) is 0 Å². The molecule has 2 atom stereocenters. The lowest BCUT2D eigenvalue weighted by molar-refractivity contribution is -0.150. The summed E-state index contributed by atoms with van der Waals surface area (Å²) in [6.45, 7) is 4.32. The highest BCUT2D eigenvalue weighted by molar-refractivity contribution is 5.91. The predicted octanol–water partition coefficient (Wildman–Crippen LogP) is 3.15. The molecule has 0 radical (unpaired) electrons. The lowest BCUT2D eigenvalue weighted by Crippen LogP contribution is -2.27. The number of carbonyl (C=O) groups excluding carboxylic acids is 2. The molecule has 0 saturated heterocycles.